The number of nitrogens with one attached hydrogen (secondary N) is 1. The van der Waals surface area contributed by atoms with Gasteiger partial charge in [-0.05, 0) is 58.1 Å². The summed E-state index contributed by atoms with van der Waals surface area (Å²) < 4.78 is 0. The molecule has 1 aliphatic heterocycles. The standard InChI is InChI=1S/C16H24N4S/c1-19(2)13-4-3-10-20(11-8-13)12-14-5-6-16(21-14)15-7-9-17-18-15/h5-7,9,13H,3-4,8,10-12H2,1-2H3,(H,17,18). The van der Waals surface area contributed by atoms with Crippen molar-refractivity contribution in [3.63, 3.8) is 0 Å². The summed E-state index contributed by atoms with van der Waals surface area (Å²) >= 11 is 1.87. The van der Waals surface area contributed by atoms with E-state index >= 15 is 0 Å². The SMILES string of the molecule is CN(C)C1CCCN(Cc2ccc(-c3ccn[nH]3)s2)CC1. The normalized spacial score (nSPS) is 20.8. The lowest BCUT2D eigenvalue weighted by Crippen LogP contribution is -2.29. The summed E-state index contributed by atoms with van der Waals surface area (Å²) in [5, 5.41) is 7.07. The van der Waals surface area contributed by atoms with E-state index in [1.807, 2.05) is 23.6 Å². The van der Waals surface area contributed by atoms with Crippen molar-refractivity contribution in [3.8, 4) is 10.6 Å². The first-order valence-electron chi connectivity index (χ1n) is 7.69. The van der Waals surface area contributed by atoms with Crippen LogP contribution in [-0.4, -0.2) is 53.2 Å². The first-order valence-corrected chi connectivity index (χ1v) is 8.51. The summed E-state index contributed by atoms with van der Waals surface area (Å²) in [5.74, 6) is 0. The van der Waals surface area contributed by atoms with Gasteiger partial charge in [0.05, 0.1) is 10.6 Å². The number of hydrogen-bond donors (Lipinski definition) is 1. The minimum Gasteiger partial charge on any atom is -0.306 e. The highest BCUT2D eigenvalue weighted by molar-refractivity contribution is 7.15. The van der Waals surface area contributed by atoms with Crippen molar-refractivity contribution >= 4 is 11.3 Å². The first-order chi connectivity index (χ1) is 10.2. The Kier molecular flexibility index (Phi) is 4.73. The van der Waals surface area contributed by atoms with Crippen molar-refractivity contribution in [3.05, 3.63) is 29.3 Å². The van der Waals surface area contributed by atoms with E-state index in [4.69, 9.17) is 0 Å². The molecule has 1 fully saturated rings. The van der Waals surface area contributed by atoms with Gasteiger partial charge in [0.25, 0.3) is 0 Å². The fourth-order valence-corrected chi connectivity index (χ4v) is 4.06. The van der Waals surface area contributed by atoms with Gasteiger partial charge in [0.15, 0.2) is 0 Å². The minimum absolute atomic E-state index is 0.749. The Morgan fingerprint density at radius 2 is 2.19 bits per heavy atom. The second-order valence-corrected chi connectivity index (χ2v) is 7.23. The number of hydrogen-bond acceptors (Lipinski definition) is 4. The van der Waals surface area contributed by atoms with Crippen molar-refractivity contribution in [2.75, 3.05) is 27.2 Å². The third-order valence-corrected chi connectivity index (χ3v) is 5.43. The Morgan fingerprint density at radius 3 is 2.95 bits per heavy atom. The van der Waals surface area contributed by atoms with Crippen LogP contribution in [0.25, 0.3) is 10.6 Å². The van der Waals surface area contributed by atoms with Crippen LogP contribution in [0.1, 0.15) is 24.1 Å². The van der Waals surface area contributed by atoms with Crippen molar-refractivity contribution in [1.29, 1.82) is 0 Å². The van der Waals surface area contributed by atoms with E-state index in [0.717, 1.165) is 18.3 Å². The van der Waals surface area contributed by atoms with Crippen LogP contribution in [0.2, 0.25) is 0 Å². The van der Waals surface area contributed by atoms with Crippen molar-refractivity contribution < 1.29 is 0 Å². The van der Waals surface area contributed by atoms with E-state index in [9.17, 15) is 0 Å². The van der Waals surface area contributed by atoms with Crippen LogP contribution in [0.4, 0.5) is 0 Å². The number of likely N-dealkylation sites (tertiary alicyclic amines) is 1. The summed E-state index contributed by atoms with van der Waals surface area (Å²) in [7, 11) is 4.41. The largest absolute Gasteiger partial charge is 0.306 e. The van der Waals surface area contributed by atoms with E-state index in [0.29, 0.717) is 0 Å². The van der Waals surface area contributed by atoms with Crippen LogP contribution in [-0.2, 0) is 6.54 Å². The Bertz CT molecular complexity index is 546. The molecule has 1 unspecified atom stereocenters. The lowest BCUT2D eigenvalue weighted by atomic mass is 10.1. The van der Waals surface area contributed by atoms with E-state index in [1.165, 1.54) is 42.1 Å². The second kappa shape index (κ2) is 6.73. The van der Waals surface area contributed by atoms with Crippen LogP contribution in [0.3, 0.4) is 0 Å². The summed E-state index contributed by atoms with van der Waals surface area (Å²) in [5.41, 5.74) is 1.12. The fraction of sp³-hybridized carbons (Fsp3) is 0.562. The molecule has 1 aliphatic rings. The Labute approximate surface area is 130 Å². The number of H-pyrrole nitrogens is 1. The highest BCUT2D eigenvalue weighted by atomic mass is 32.1. The van der Waals surface area contributed by atoms with Gasteiger partial charge in [-0.15, -0.1) is 11.3 Å². The predicted octanol–water partition coefficient (Wildman–Crippen LogP) is 3.05. The average molecular weight is 304 g/mol. The van der Waals surface area contributed by atoms with Crippen molar-refractivity contribution in [2.24, 2.45) is 0 Å². The maximum Gasteiger partial charge on any atom is 0.0749 e. The average Bonchev–Trinajstić information content (AvgIpc) is 3.07. The maximum absolute atomic E-state index is 4.03. The third-order valence-electron chi connectivity index (χ3n) is 4.33. The highest BCUT2D eigenvalue weighted by Gasteiger charge is 2.18. The van der Waals surface area contributed by atoms with E-state index in [-0.39, 0.29) is 0 Å². The summed E-state index contributed by atoms with van der Waals surface area (Å²) in [6.45, 7) is 3.51. The zero-order valence-electron chi connectivity index (χ0n) is 12.9. The molecule has 0 spiro atoms. The van der Waals surface area contributed by atoms with Crippen LogP contribution in [0.15, 0.2) is 24.4 Å². The van der Waals surface area contributed by atoms with Gasteiger partial charge < -0.3 is 4.90 Å². The molecule has 21 heavy (non-hydrogen) atoms. The van der Waals surface area contributed by atoms with Gasteiger partial charge in [-0.2, -0.15) is 5.10 Å². The number of thiophene rings is 1. The number of aromatic nitrogens is 2. The number of nitrogens with zero attached hydrogens (tertiary/aromatic N) is 3. The van der Waals surface area contributed by atoms with Crippen LogP contribution in [0.5, 0.6) is 0 Å². The molecule has 2 aromatic heterocycles. The molecule has 0 bridgehead atoms. The Balaban J connectivity index is 1.59. The quantitative estimate of drug-likeness (QED) is 0.943. The number of rotatable bonds is 4. The fourth-order valence-electron chi connectivity index (χ4n) is 3.03. The molecule has 0 amide bonds. The van der Waals surface area contributed by atoms with Crippen LogP contribution in [0, 0.1) is 0 Å². The summed E-state index contributed by atoms with van der Waals surface area (Å²) in [6.07, 6.45) is 5.73. The lowest BCUT2D eigenvalue weighted by molar-refractivity contribution is 0.246. The van der Waals surface area contributed by atoms with Crippen LogP contribution < -0.4 is 0 Å². The van der Waals surface area contributed by atoms with E-state index < -0.39 is 0 Å². The Morgan fingerprint density at radius 1 is 1.29 bits per heavy atom. The minimum atomic E-state index is 0.749. The molecule has 0 aromatic carbocycles. The molecule has 114 valence electrons. The molecule has 0 saturated carbocycles. The van der Waals surface area contributed by atoms with E-state index in [2.05, 4.69) is 46.2 Å². The molecule has 1 atom stereocenters. The molecule has 3 rings (SSSR count). The Hall–Kier alpha value is -1.17. The van der Waals surface area contributed by atoms with Gasteiger partial charge in [-0.25, -0.2) is 0 Å². The third kappa shape index (κ3) is 3.73. The molecule has 2 aromatic rings. The second-order valence-electron chi connectivity index (χ2n) is 6.06. The van der Waals surface area contributed by atoms with Gasteiger partial charge in [0.1, 0.15) is 0 Å². The summed E-state index contributed by atoms with van der Waals surface area (Å²) in [6, 6.07) is 7.24. The molecule has 3 heterocycles. The van der Waals surface area contributed by atoms with Gasteiger partial charge >= 0.3 is 0 Å². The smallest absolute Gasteiger partial charge is 0.0749 e. The molecule has 0 aliphatic carbocycles. The zero-order chi connectivity index (χ0) is 14.7. The van der Waals surface area contributed by atoms with Gasteiger partial charge in [-0.1, -0.05) is 0 Å². The predicted molar refractivity (Wildman–Crippen MR) is 88.5 cm³/mol. The lowest BCUT2D eigenvalue weighted by Gasteiger charge is -2.23. The van der Waals surface area contributed by atoms with Gasteiger partial charge in [0.2, 0.25) is 0 Å². The van der Waals surface area contributed by atoms with Gasteiger partial charge in [-0.3, -0.25) is 10.00 Å². The van der Waals surface area contributed by atoms with Crippen molar-refractivity contribution in [1.82, 2.24) is 20.0 Å². The molecular weight excluding hydrogens is 280 g/mol. The topological polar surface area (TPSA) is 35.2 Å². The highest BCUT2D eigenvalue weighted by Crippen LogP contribution is 2.27. The number of aromatic amines is 1. The molecule has 0 radical (unpaired) electrons. The van der Waals surface area contributed by atoms with Gasteiger partial charge in [0, 0.05) is 30.2 Å². The molecule has 4 nitrogen and oxygen atoms in total. The monoisotopic (exact) mass is 304 g/mol. The molecule has 1 saturated heterocycles. The zero-order valence-corrected chi connectivity index (χ0v) is 13.7. The molecule has 5 heteroatoms. The molecular formula is C16H24N4S. The first kappa shape index (κ1) is 14.8. The van der Waals surface area contributed by atoms with Crippen molar-refractivity contribution in [2.45, 2.75) is 31.8 Å². The maximum atomic E-state index is 4.03. The summed E-state index contributed by atoms with van der Waals surface area (Å²) in [4.78, 5) is 7.71. The van der Waals surface area contributed by atoms with Crippen LogP contribution >= 0.6 is 11.3 Å². The molecule has 1 N–H and O–H groups in total. The van der Waals surface area contributed by atoms with E-state index in [1.54, 1.807) is 0 Å².